The van der Waals surface area contributed by atoms with Crippen LogP contribution in [0.1, 0.15) is 11.3 Å². The van der Waals surface area contributed by atoms with Gasteiger partial charge in [-0.05, 0) is 25.2 Å². The Kier molecular flexibility index (Phi) is 3.33. The second kappa shape index (κ2) is 4.98. The fourth-order valence-electron chi connectivity index (χ4n) is 2.52. The topological polar surface area (TPSA) is 41.1 Å². The van der Waals surface area contributed by atoms with E-state index in [1.54, 1.807) is 7.11 Å². The number of nitrogens with one attached hydrogen (secondary N) is 1. The first-order valence-electron chi connectivity index (χ1n) is 6.27. The number of H-pyrrole nitrogens is 1. The lowest BCUT2D eigenvalue weighted by Gasteiger charge is -2.22. The van der Waals surface area contributed by atoms with Crippen molar-refractivity contribution in [2.24, 2.45) is 0 Å². The number of benzene rings is 1. The highest BCUT2D eigenvalue weighted by atomic mass is 79.9. The summed E-state index contributed by atoms with van der Waals surface area (Å²) < 4.78 is 6.49. The highest BCUT2D eigenvalue weighted by Crippen LogP contribution is 2.35. The number of halogens is 1. The molecule has 0 atom stereocenters. The number of aromatic nitrogens is 2. The molecule has 4 nitrogen and oxygen atoms in total. The summed E-state index contributed by atoms with van der Waals surface area (Å²) in [6.07, 6.45) is 1.02. The SMILES string of the molecule is COc1ccc(Br)cc1-c1n[nH]c2c1CN(C)CC2. The summed E-state index contributed by atoms with van der Waals surface area (Å²) in [6.45, 7) is 2.00. The van der Waals surface area contributed by atoms with Gasteiger partial charge in [0.15, 0.2) is 0 Å². The van der Waals surface area contributed by atoms with Gasteiger partial charge in [-0.15, -0.1) is 0 Å². The van der Waals surface area contributed by atoms with Gasteiger partial charge in [0.05, 0.1) is 7.11 Å². The lowest BCUT2D eigenvalue weighted by Crippen LogP contribution is -2.26. The van der Waals surface area contributed by atoms with Crippen molar-refractivity contribution in [2.45, 2.75) is 13.0 Å². The predicted molar refractivity (Wildman–Crippen MR) is 78.3 cm³/mol. The minimum absolute atomic E-state index is 0.853. The van der Waals surface area contributed by atoms with Gasteiger partial charge in [0.25, 0.3) is 0 Å². The molecular weight excluding hydrogens is 306 g/mol. The van der Waals surface area contributed by atoms with Crippen LogP contribution in [0.4, 0.5) is 0 Å². The number of rotatable bonds is 2. The van der Waals surface area contributed by atoms with Crippen LogP contribution in [0, 0.1) is 0 Å². The molecule has 5 heteroatoms. The molecule has 100 valence electrons. The van der Waals surface area contributed by atoms with Crippen LogP contribution in [-0.4, -0.2) is 35.8 Å². The zero-order valence-corrected chi connectivity index (χ0v) is 12.6. The van der Waals surface area contributed by atoms with Gasteiger partial charge in [0.1, 0.15) is 11.4 Å². The molecule has 0 spiro atoms. The molecule has 2 heterocycles. The molecule has 0 amide bonds. The molecule has 1 aliphatic rings. The molecule has 0 saturated carbocycles. The van der Waals surface area contributed by atoms with E-state index in [1.165, 1.54) is 11.3 Å². The highest BCUT2D eigenvalue weighted by Gasteiger charge is 2.22. The summed E-state index contributed by atoms with van der Waals surface area (Å²) in [5.74, 6) is 0.853. The quantitative estimate of drug-likeness (QED) is 0.924. The van der Waals surface area contributed by atoms with Crippen molar-refractivity contribution in [1.82, 2.24) is 15.1 Å². The molecule has 3 rings (SSSR count). The third kappa shape index (κ3) is 2.28. The molecule has 1 N–H and O–H groups in total. The smallest absolute Gasteiger partial charge is 0.128 e. The van der Waals surface area contributed by atoms with Gasteiger partial charge >= 0.3 is 0 Å². The molecule has 0 radical (unpaired) electrons. The Bertz CT molecular complexity index is 609. The molecular formula is C14H16BrN3O. The number of ether oxygens (including phenoxy) is 1. The number of likely N-dealkylation sites (N-methyl/N-ethyl adjacent to an activating group) is 1. The predicted octanol–water partition coefficient (Wildman–Crippen LogP) is 2.84. The van der Waals surface area contributed by atoms with Crippen molar-refractivity contribution in [3.8, 4) is 17.0 Å². The van der Waals surface area contributed by atoms with Crippen molar-refractivity contribution in [3.63, 3.8) is 0 Å². The molecule has 0 saturated heterocycles. The third-order valence-corrected chi connectivity index (χ3v) is 4.03. The zero-order valence-electron chi connectivity index (χ0n) is 11.0. The molecule has 1 aromatic heterocycles. The van der Waals surface area contributed by atoms with Crippen LogP contribution in [0.25, 0.3) is 11.3 Å². The Labute approximate surface area is 120 Å². The second-order valence-electron chi connectivity index (χ2n) is 4.86. The summed E-state index contributed by atoms with van der Waals surface area (Å²) >= 11 is 3.52. The molecule has 2 aromatic rings. The van der Waals surface area contributed by atoms with Crippen molar-refractivity contribution in [1.29, 1.82) is 0 Å². The van der Waals surface area contributed by atoms with E-state index in [9.17, 15) is 0 Å². The first kappa shape index (κ1) is 12.7. The van der Waals surface area contributed by atoms with Crippen LogP contribution in [0.2, 0.25) is 0 Å². The van der Waals surface area contributed by atoms with Gasteiger partial charge in [-0.2, -0.15) is 5.10 Å². The van der Waals surface area contributed by atoms with Gasteiger partial charge in [-0.25, -0.2) is 0 Å². The Morgan fingerprint density at radius 1 is 1.42 bits per heavy atom. The zero-order chi connectivity index (χ0) is 13.4. The molecule has 19 heavy (non-hydrogen) atoms. The van der Waals surface area contributed by atoms with Crippen LogP contribution in [-0.2, 0) is 13.0 Å². The number of fused-ring (bicyclic) bond motifs is 1. The van der Waals surface area contributed by atoms with Crippen molar-refractivity contribution < 1.29 is 4.74 Å². The van der Waals surface area contributed by atoms with Crippen LogP contribution in [0.5, 0.6) is 5.75 Å². The third-order valence-electron chi connectivity index (χ3n) is 3.54. The van der Waals surface area contributed by atoms with Crippen LogP contribution >= 0.6 is 15.9 Å². The summed E-state index contributed by atoms with van der Waals surface area (Å²) in [5.41, 5.74) is 4.56. The van der Waals surface area contributed by atoms with E-state index in [0.717, 1.165) is 41.0 Å². The standard InChI is InChI=1S/C14H16BrN3O/c1-18-6-5-12-11(8-18)14(17-16-12)10-7-9(15)3-4-13(10)19-2/h3-4,7H,5-6,8H2,1-2H3,(H,16,17). The van der Waals surface area contributed by atoms with E-state index in [4.69, 9.17) is 4.74 Å². The minimum Gasteiger partial charge on any atom is -0.496 e. The van der Waals surface area contributed by atoms with E-state index in [0.29, 0.717) is 0 Å². The van der Waals surface area contributed by atoms with Crippen LogP contribution in [0.15, 0.2) is 22.7 Å². The Balaban J connectivity index is 2.12. The summed E-state index contributed by atoms with van der Waals surface area (Å²) in [7, 11) is 3.83. The summed E-state index contributed by atoms with van der Waals surface area (Å²) in [6, 6.07) is 6.00. The van der Waals surface area contributed by atoms with Crippen molar-refractivity contribution in [2.75, 3.05) is 20.7 Å². The van der Waals surface area contributed by atoms with Crippen LogP contribution in [0.3, 0.4) is 0 Å². The van der Waals surface area contributed by atoms with Gasteiger partial charge < -0.3 is 9.64 Å². The molecule has 0 unspecified atom stereocenters. The molecule has 0 aliphatic carbocycles. The first-order valence-corrected chi connectivity index (χ1v) is 7.07. The van der Waals surface area contributed by atoms with E-state index >= 15 is 0 Å². The Hall–Kier alpha value is -1.33. The minimum atomic E-state index is 0.853. The fraction of sp³-hybridized carbons (Fsp3) is 0.357. The number of hydrogen-bond acceptors (Lipinski definition) is 3. The van der Waals surface area contributed by atoms with Crippen molar-refractivity contribution >= 4 is 15.9 Å². The van der Waals surface area contributed by atoms with Gasteiger partial charge in [0.2, 0.25) is 0 Å². The monoisotopic (exact) mass is 321 g/mol. The fourth-order valence-corrected chi connectivity index (χ4v) is 2.88. The number of methoxy groups -OCH3 is 1. The summed E-state index contributed by atoms with van der Waals surface area (Å²) in [4.78, 5) is 2.31. The summed E-state index contributed by atoms with van der Waals surface area (Å²) in [5, 5.41) is 7.67. The normalized spacial score (nSPS) is 15.3. The number of hydrogen-bond donors (Lipinski definition) is 1. The molecule has 0 fully saturated rings. The van der Waals surface area contributed by atoms with E-state index < -0.39 is 0 Å². The van der Waals surface area contributed by atoms with E-state index in [1.807, 2.05) is 12.1 Å². The lowest BCUT2D eigenvalue weighted by molar-refractivity contribution is 0.312. The Morgan fingerprint density at radius 3 is 3.05 bits per heavy atom. The first-order chi connectivity index (χ1) is 9.19. The van der Waals surface area contributed by atoms with E-state index in [2.05, 4.69) is 44.1 Å². The van der Waals surface area contributed by atoms with Crippen molar-refractivity contribution in [3.05, 3.63) is 33.9 Å². The average molecular weight is 322 g/mol. The molecule has 1 aromatic carbocycles. The van der Waals surface area contributed by atoms with Gasteiger partial charge in [-0.3, -0.25) is 5.10 Å². The average Bonchev–Trinajstić information content (AvgIpc) is 2.81. The number of nitrogens with zero attached hydrogens (tertiary/aromatic N) is 2. The van der Waals surface area contributed by atoms with E-state index in [-0.39, 0.29) is 0 Å². The maximum Gasteiger partial charge on any atom is 0.128 e. The van der Waals surface area contributed by atoms with Crippen LogP contribution < -0.4 is 4.74 Å². The van der Waals surface area contributed by atoms with Gasteiger partial charge in [0, 0.05) is 40.8 Å². The number of aromatic amines is 1. The van der Waals surface area contributed by atoms with Gasteiger partial charge in [-0.1, -0.05) is 15.9 Å². The largest absolute Gasteiger partial charge is 0.496 e. The maximum absolute atomic E-state index is 5.45. The highest BCUT2D eigenvalue weighted by molar-refractivity contribution is 9.10. The Morgan fingerprint density at radius 2 is 2.26 bits per heavy atom. The molecule has 0 bridgehead atoms. The second-order valence-corrected chi connectivity index (χ2v) is 5.78. The maximum atomic E-state index is 5.45. The lowest BCUT2D eigenvalue weighted by atomic mass is 10.0. The molecule has 1 aliphatic heterocycles.